The molecule has 0 aliphatic carbocycles. The number of pyridine rings is 1. The Morgan fingerprint density at radius 2 is 1.96 bits per heavy atom. The van der Waals surface area contributed by atoms with Gasteiger partial charge in [-0.3, -0.25) is 4.98 Å². The summed E-state index contributed by atoms with van der Waals surface area (Å²) in [5.74, 6) is 1.70. The first-order valence-electron chi connectivity index (χ1n) is 8.57. The van der Waals surface area contributed by atoms with Crippen LogP contribution in [0.5, 0.6) is 0 Å². The van der Waals surface area contributed by atoms with Crippen molar-refractivity contribution in [2.24, 2.45) is 0 Å². The Kier molecular flexibility index (Phi) is 5.01. The van der Waals surface area contributed by atoms with Crippen LogP contribution >= 0.6 is 0 Å². The molecule has 0 aromatic carbocycles. The summed E-state index contributed by atoms with van der Waals surface area (Å²) in [4.78, 5) is 15.9. The molecule has 6 heteroatoms. The van der Waals surface area contributed by atoms with Crippen LogP contribution in [-0.4, -0.2) is 53.5 Å². The third-order valence-corrected chi connectivity index (χ3v) is 4.44. The molecule has 0 bridgehead atoms. The molecule has 3 rings (SSSR count). The van der Waals surface area contributed by atoms with E-state index in [-0.39, 0.29) is 11.7 Å². The van der Waals surface area contributed by atoms with Crippen molar-refractivity contribution >= 4 is 5.82 Å². The Morgan fingerprint density at radius 3 is 2.64 bits per heavy atom. The van der Waals surface area contributed by atoms with Crippen molar-refractivity contribution < 1.29 is 9.47 Å². The van der Waals surface area contributed by atoms with E-state index >= 15 is 0 Å². The average Bonchev–Trinajstić information content (AvgIpc) is 2.57. The summed E-state index contributed by atoms with van der Waals surface area (Å²) in [6.07, 6.45) is 3.55. The van der Waals surface area contributed by atoms with Gasteiger partial charge in [-0.15, -0.1) is 0 Å². The summed E-state index contributed by atoms with van der Waals surface area (Å²) < 4.78 is 11.4. The molecule has 2 aromatic heterocycles. The highest BCUT2D eigenvalue weighted by Crippen LogP contribution is 2.29. The molecule has 1 fully saturated rings. The van der Waals surface area contributed by atoms with Crippen LogP contribution in [0, 0.1) is 13.8 Å². The summed E-state index contributed by atoms with van der Waals surface area (Å²) in [5.41, 5.74) is 2.81. The Bertz CT molecular complexity index is 734. The number of nitrogens with zero attached hydrogens (tertiary/aromatic N) is 4. The number of hydrogen-bond donors (Lipinski definition) is 0. The van der Waals surface area contributed by atoms with Gasteiger partial charge in [-0.2, -0.15) is 0 Å². The zero-order valence-corrected chi connectivity index (χ0v) is 15.6. The third-order valence-electron chi connectivity index (χ3n) is 4.44. The SMILES string of the molecule is COC[C@H]1CN(c2nc(-c3ccncc3)nc(C)c2C)CC(C)(C)O1. The first kappa shape index (κ1) is 17.8. The molecule has 0 amide bonds. The molecule has 1 aliphatic heterocycles. The van der Waals surface area contributed by atoms with Crippen LogP contribution in [0.4, 0.5) is 5.82 Å². The lowest BCUT2D eigenvalue weighted by atomic mass is 10.0. The van der Waals surface area contributed by atoms with E-state index in [0.717, 1.165) is 41.6 Å². The van der Waals surface area contributed by atoms with E-state index in [1.807, 2.05) is 19.1 Å². The third kappa shape index (κ3) is 3.96. The summed E-state index contributed by atoms with van der Waals surface area (Å²) >= 11 is 0. The molecule has 1 aliphatic rings. The number of aromatic nitrogens is 3. The van der Waals surface area contributed by atoms with Crippen molar-refractivity contribution in [3.63, 3.8) is 0 Å². The van der Waals surface area contributed by atoms with E-state index in [0.29, 0.717) is 6.61 Å². The minimum atomic E-state index is -0.260. The Morgan fingerprint density at radius 1 is 1.24 bits per heavy atom. The number of morpholine rings is 1. The molecule has 0 spiro atoms. The molecule has 6 nitrogen and oxygen atoms in total. The summed E-state index contributed by atoms with van der Waals surface area (Å²) in [6.45, 7) is 10.4. The van der Waals surface area contributed by atoms with E-state index in [2.05, 4.69) is 35.6 Å². The maximum Gasteiger partial charge on any atom is 0.161 e. The fraction of sp³-hybridized carbons (Fsp3) is 0.526. The molecule has 3 heterocycles. The number of ether oxygens (including phenoxy) is 2. The van der Waals surface area contributed by atoms with Crippen molar-refractivity contribution in [1.29, 1.82) is 0 Å². The van der Waals surface area contributed by atoms with Gasteiger partial charge in [-0.1, -0.05) is 0 Å². The highest BCUT2D eigenvalue weighted by atomic mass is 16.5. The van der Waals surface area contributed by atoms with Crippen molar-refractivity contribution in [2.75, 3.05) is 31.7 Å². The average molecular weight is 342 g/mol. The highest BCUT2D eigenvalue weighted by Gasteiger charge is 2.35. The lowest BCUT2D eigenvalue weighted by Gasteiger charge is -2.43. The van der Waals surface area contributed by atoms with Gasteiger partial charge in [-0.05, 0) is 39.8 Å². The van der Waals surface area contributed by atoms with Crippen LogP contribution < -0.4 is 4.90 Å². The van der Waals surface area contributed by atoms with Gasteiger partial charge in [0.2, 0.25) is 0 Å². The van der Waals surface area contributed by atoms with E-state index < -0.39 is 0 Å². The van der Waals surface area contributed by atoms with Crippen molar-refractivity contribution in [2.45, 2.75) is 39.4 Å². The first-order chi connectivity index (χ1) is 11.9. The van der Waals surface area contributed by atoms with Crippen LogP contribution in [0.25, 0.3) is 11.4 Å². The van der Waals surface area contributed by atoms with Gasteiger partial charge in [0, 0.05) is 49.4 Å². The Balaban J connectivity index is 1.99. The normalized spacial score (nSPS) is 19.9. The molecule has 0 saturated carbocycles. The fourth-order valence-corrected chi connectivity index (χ4v) is 3.28. The summed E-state index contributed by atoms with van der Waals surface area (Å²) in [7, 11) is 1.71. The van der Waals surface area contributed by atoms with Gasteiger partial charge >= 0.3 is 0 Å². The molecular formula is C19H26N4O2. The van der Waals surface area contributed by atoms with Crippen molar-refractivity contribution in [1.82, 2.24) is 15.0 Å². The molecule has 2 aromatic rings. The van der Waals surface area contributed by atoms with Gasteiger partial charge in [0.15, 0.2) is 5.82 Å². The van der Waals surface area contributed by atoms with Crippen LogP contribution in [0.2, 0.25) is 0 Å². The zero-order valence-electron chi connectivity index (χ0n) is 15.6. The molecular weight excluding hydrogens is 316 g/mol. The zero-order chi connectivity index (χ0) is 18.0. The molecule has 25 heavy (non-hydrogen) atoms. The minimum Gasteiger partial charge on any atom is -0.382 e. The molecule has 0 radical (unpaired) electrons. The highest BCUT2D eigenvalue weighted by molar-refractivity contribution is 5.60. The van der Waals surface area contributed by atoms with Crippen LogP contribution in [0.1, 0.15) is 25.1 Å². The number of rotatable bonds is 4. The van der Waals surface area contributed by atoms with Crippen LogP contribution in [0.3, 0.4) is 0 Å². The van der Waals surface area contributed by atoms with E-state index in [4.69, 9.17) is 14.5 Å². The van der Waals surface area contributed by atoms with Crippen LogP contribution in [-0.2, 0) is 9.47 Å². The molecule has 0 unspecified atom stereocenters. The molecule has 1 saturated heterocycles. The fourth-order valence-electron chi connectivity index (χ4n) is 3.28. The minimum absolute atomic E-state index is 0.0211. The van der Waals surface area contributed by atoms with E-state index in [1.54, 1.807) is 19.5 Å². The Hall–Kier alpha value is -2.05. The lowest BCUT2D eigenvalue weighted by molar-refractivity contribution is -0.106. The second-order valence-electron chi connectivity index (χ2n) is 7.15. The monoisotopic (exact) mass is 342 g/mol. The maximum absolute atomic E-state index is 6.13. The number of hydrogen-bond acceptors (Lipinski definition) is 6. The summed E-state index contributed by atoms with van der Waals surface area (Å²) in [6, 6.07) is 3.87. The van der Waals surface area contributed by atoms with Crippen molar-refractivity contribution in [3.8, 4) is 11.4 Å². The molecule has 1 atom stereocenters. The predicted molar refractivity (Wildman–Crippen MR) is 97.8 cm³/mol. The largest absolute Gasteiger partial charge is 0.382 e. The van der Waals surface area contributed by atoms with Crippen LogP contribution in [0.15, 0.2) is 24.5 Å². The lowest BCUT2D eigenvalue weighted by Crippen LogP contribution is -2.54. The quantitative estimate of drug-likeness (QED) is 0.851. The maximum atomic E-state index is 6.13. The van der Waals surface area contributed by atoms with Gasteiger partial charge in [-0.25, -0.2) is 9.97 Å². The van der Waals surface area contributed by atoms with Gasteiger partial charge in [0.05, 0.1) is 18.3 Å². The predicted octanol–water partition coefficient (Wildman–Crippen LogP) is 2.79. The van der Waals surface area contributed by atoms with E-state index in [9.17, 15) is 0 Å². The second kappa shape index (κ2) is 7.06. The topological polar surface area (TPSA) is 60.4 Å². The van der Waals surface area contributed by atoms with Crippen molar-refractivity contribution in [3.05, 3.63) is 35.8 Å². The first-order valence-corrected chi connectivity index (χ1v) is 8.57. The number of aryl methyl sites for hydroxylation is 1. The Labute approximate surface area is 149 Å². The van der Waals surface area contributed by atoms with E-state index in [1.165, 1.54) is 0 Å². The second-order valence-corrected chi connectivity index (χ2v) is 7.15. The van der Waals surface area contributed by atoms with Gasteiger partial charge < -0.3 is 14.4 Å². The number of anilines is 1. The molecule has 134 valence electrons. The standard InChI is InChI=1S/C19H26N4O2/c1-13-14(2)21-17(15-6-8-20-9-7-15)22-18(13)23-10-16(11-24-5)25-19(3,4)12-23/h6-9,16H,10-12H2,1-5H3/t16-/m1/s1. The summed E-state index contributed by atoms with van der Waals surface area (Å²) in [5, 5.41) is 0. The molecule has 0 N–H and O–H groups in total. The number of methoxy groups -OCH3 is 1. The van der Waals surface area contributed by atoms with Gasteiger partial charge in [0.25, 0.3) is 0 Å². The van der Waals surface area contributed by atoms with Gasteiger partial charge in [0.1, 0.15) is 5.82 Å². The smallest absolute Gasteiger partial charge is 0.161 e.